The lowest BCUT2D eigenvalue weighted by Crippen LogP contribution is -2.34. The van der Waals surface area contributed by atoms with Gasteiger partial charge in [0.25, 0.3) is 0 Å². The molecule has 9 heteroatoms. The first-order valence-corrected chi connectivity index (χ1v) is 10.9. The fourth-order valence-electron chi connectivity index (χ4n) is 3.97. The Morgan fingerprint density at radius 2 is 1.75 bits per heavy atom. The maximum Gasteiger partial charge on any atom is 0.240 e. The SMILES string of the molecule is CNS(=O)(=O)c1cc(NC(=O)CCN2C(=O)[C@H]3CCCC[C@@H]3C2=O)ccc1C. The summed E-state index contributed by atoms with van der Waals surface area (Å²) < 4.78 is 26.4. The zero-order valence-electron chi connectivity index (χ0n) is 16.0. The summed E-state index contributed by atoms with van der Waals surface area (Å²) >= 11 is 0. The van der Waals surface area contributed by atoms with Crippen molar-refractivity contribution in [2.75, 3.05) is 18.9 Å². The van der Waals surface area contributed by atoms with Gasteiger partial charge in [-0.05, 0) is 44.5 Å². The lowest BCUT2D eigenvalue weighted by molar-refractivity contribution is -0.140. The fraction of sp³-hybridized carbons (Fsp3) is 0.526. The lowest BCUT2D eigenvalue weighted by Gasteiger charge is -2.19. The van der Waals surface area contributed by atoms with E-state index in [4.69, 9.17) is 0 Å². The van der Waals surface area contributed by atoms with Gasteiger partial charge in [0.05, 0.1) is 16.7 Å². The quantitative estimate of drug-likeness (QED) is 0.693. The summed E-state index contributed by atoms with van der Waals surface area (Å²) in [6.07, 6.45) is 3.37. The summed E-state index contributed by atoms with van der Waals surface area (Å²) in [5, 5.41) is 2.64. The van der Waals surface area contributed by atoms with Crippen molar-refractivity contribution in [2.45, 2.75) is 43.9 Å². The average Bonchev–Trinajstić information content (AvgIpc) is 2.92. The Kier molecular flexibility index (Phi) is 5.85. The Balaban J connectivity index is 1.63. The number of nitrogens with one attached hydrogen (secondary N) is 2. The normalized spacial score (nSPS) is 22.3. The predicted molar refractivity (Wildman–Crippen MR) is 103 cm³/mol. The van der Waals surface area contributed by atoms with Crippen molar-refractivity contribution in [3.8, 4) is 0 Å². The first-order valence-electron chi connectivity index (χ1n) is 9.44. The molecule has 0 aromatic heterocycles. The molecule has 0 unspecified atom stereocenters. The van der Waals surface area contributed by atoms with E-state index in [0.29, 0.717) is 11.3 Å². The van der Waals surface area contributed by atoms with Gasteiger partial charge in [0, 0.05) is 18.7 Å². The summed E-state index contributed by atoms with van der Waals surface area (Å²) in [7, 11) is -2.32. The number of carbonyl (C=O) groups excluding carboxylic acids is 3. The van der Waals surface area contributed by atoms with E-state index in [-0.39, 0.29) is 47.4 Å². The third kappa shape index (κ3) is 3.95. The van der Waals surface area contributed by atoms with Gasteiger partial charge in [-0.15, -0.1) is 0 Å². The van der Waals surface area contributed by atoms with Crippen LogP contribution in [0.3, 0.4) is 0 Å². The molecule has 2 fully saturated rings. The van der Waals surface area contributed by atoms with Crippen LogP contribution in [0.1, 0.15) is 37.7 Å². The van der Waals surface area contributed by atoms with E-state index >= 15 is 0 Å². The van der Waals surface area contributed by atoms with Crippen LogP contribution in [0.15, 0.2) is 23.1 Å². The highest BCUT2D eigenvalue weighted by Gasteiger charge is 2.47. The summed E-state index contributed by atoms with van der Waals surface area (Å²) in [5.74, 6) is -1.17. The van der Waals surface area contributed by atoms with Crippen LogP contribution >= 0.6 is 0 Å². The molecule has 1 aliphatic heterocycles. The first-order chi connectivity index (χ1) is 13.2. The monoisotopic (exact) mass is 407 g/mol. The second-order valence-electron chi connectivity index (χ2n) is 7.31. The van der Waals surface area contributed by atoms with E-state index in [9.17, 15) is 22.8 Å². The molecule has 1 aromatic carbocycles. The topological polar surface area (TPSA) is 113 Å². The van der Waals surface area contributed by atoms with Gasteiger partial charge in [0.15, 0.2) is 0 Å². The minimum Gasteiger partial charge on any atom is -0.326 e. The minimum absolute atomic E-state index is 0.0289. The number of hydrogen-bond donors (Lipinski definition) is 2. The van der Waals surface area contributed by atoms with Crippen molar-refractivity contribution < 1.29 is 22.8 Å². The molecule has 152 valence electrons. The van der Waals surface area contributed by atoms with Gasteiger partial charge < -0.3 is 5.32 Å². The Bertz CT molecular complexity index is 888. The van der Waals surface area contributed by atoms with Crippen LogP contribution in [0.25, 0.3) is 0 Å². The number of nitrogens with zero attached hydrogens (tertiary/aromatic N) is 1. The van der Waals surface area contributed by atoms with Crippen LogP contribution in [0.2, 0.25) is 0 Å². The Morgan fingerprint density at radius 1 is 1.14 bits per heavy atom. The number of sulfonamides is 1. The molecule has 2 atom stereocenters. The van der Waals surface area contributed by atoms with E-state index < -0.39 is 10.0 Å². The highest BCUT2D eigenvalue weighted by Crippen LogP contribution is 2.38. The highest BCUT2D eigenvalue weighted by molar-refractivity contribution is 7.89. The number of carbonyl (C=O) groups is 3. The maximum atomic E-state index is 12.4. The number of likely N-dealkylation sites (tertiary alicyclic amines) is 1. The van der Waals surface area contributed by atoms with Crippen molar-refractivity contribution >= 4 is 33.4 Å². The standard InChI is InChI=1S/C19H25N3O5S/c1-12-7-8-13(11-16(12)28(26,27)20-2)21-17(23)9-10-22-18(24)14-5-3-4-6-15(14)19(22)25/h7-8,11,14-15,20H,3-6,9-10H2,1-2H3,(H,21,23)/t14-,15-/m0/s1. The molecule has 28 heavy (non-hydrogen) atoms. The van der Waals surface area contributed by atoms with Gasteiger partial charge in [-0.3, -0.25) is 19.3 Å². The number of imide groups is 1. The van der Waals surface area contributed by atoms with E-state index in [1.807, 2.05) is 0 Å². The maximum absolute atomic E-state index is 12.4. The van der Waals surface area contributed by atoms with Crippen LogP contribution < -0.4 is 10.0 Å². The van der Waals surface area contributed by atoms with Gasteiger partial charge in [0.1, 0.15) is 0 Å². The van der Waals surface area contributed by atoms with Crippen LogP contribution in [-0.4, -0.2) is 44.6 Å². The van der Waals surface area contributed by atoms with E-state index in [1.54, 1.807) is 19.1 Å². The van der Waals surface area contributed by atoms with Gasteiger partial charge in [0.2, 0.25) is 27.7 Å². The van der Waals surface area contributed by atoms with E-state index in [2.05, 4.69) is 10.0 Å². The molecule has 0 spiro atoms. The molecule has 8 nitrogen and oxygen atoms in total. The molecule has 2 aliphatic rings. The van der Waals surface area contributed by atoms with E-state index in [1.165, 1.54) is 18.0 Å². The molecule has 1 saturated carbocycles. The molecule has 3 rings (SSSR count). The third-order valence-electron chi connectivity index (χ3n) is 5.53. The summed E-state index contributed by atoms with van der Waals surface area (Å²) in [5.41, 5.74) is 0.903. The zero-order chi connectivity index (χ0) is 20.5. The average molecular weight is 407 g/mol. The smallest absolute Gasteiger partial charge is 0.240 e. The number of amides is 3. The largest absolute Gasteiger partial charge is 0.326 e. The molecule has 1 saturated heterocycles. The number of aryl methyl sites for hydroxylation is 1. The number of rotatable bonds is 6. The number of benzene rings is 1. The van der Waals surface area contributed by atoms with E-state index in [0.717, 1.165) is 25.7 Å². The molecule has 1 aromatic rings. The Labute approximate surface area is 164 Å². The molecule has 1 aliphatic carbocycles. The Morgan fingerprint density at radius 3 is 2.32 bits per heavy atom. The van der Waals surface area contributed by atoms with Crippen LogP contribution in [-0.2, 0) is 24.4 Å². The number of anilines is 1. The molecule has 0 radical (unpaired) electrons. The summed E-state index contributed by atoms with van der Waals surface area (Å²) in [6, 6.07) is 4.61. The lowest BCUT2D eigenvalue weighted by atomic mass is 9.81. The summed E-state index contributed by atoms with van der Waals surface area (Å²) in [4.78, 5) is 38.5. The molecule has 1 heterocycles. The van der Waals surface area contributed by atoms with Gasteiger partial charge in [-0.1, -0.05) is 18.9 Å². The molecular weight excluding hydrogens is 382 g/mol. The highest BCUT2D eigenvalue weighted by atomic mass is 32.2. The summed E-state index contributed by atoms with van der Waals surface area (Å²) in [6.45, 7) is 1.71. The van der Waals surface area contributed by atoms with Gasteiger partial charge >= 0.3 is 0 Å². The van der Waals surface area contributed by atoms with Gasteiger partial charge in [-0.25, -0.2) is 13.1 Å². The van der Waals surface area contributed by atoms with Crippen molar-refractivity contribution in [1.29, 1.82) is 0 Å². The van der Waals surface area contributed by atoms with Crippen LogP contribution in [0.4, 0.5) is 5.69 Å². The molecule has 3 amide bonds. The Hall–Kier alpha value is -2.26. The number of fused-ring (bicyclic) bond motifs is 1. The van der Waals surface area contributed by atoms with Crippen molar-refractivity contribution in [3.63, 3.8) is 0 Å². The second-order valence-corrected chi connectivity index (χ2v) is 9.17. The fourth-order valence-corrected chi connectivity index (χ4v) is 4.96. The van der Waals surface area contributed by atoms with Crippen molar-refractivity contribution in [2.24, 2.45) is 11.8 Å². The van der Waals surface area contributed by atoms with Crippen LogP contribution in [0, 0.1) is 18.8 Å². The molecular formula is C19H25N3O5S. The van der Waals surface area contributed by atoms with Crippen LogP contribution in [0.5, 0.6) is 0 Å². The predicted octanol–water partition coefficient (Wildman–Crippen LogP) is 1.41. The van der Waals surface area contributed by atoms with Crippen molar-refractivity contribution in [3.05, 3.63) is 23.8 Å². The first kappa shape index (κ1) is 20.5. The minimum atomic E-state index is -3.64. The van der Waals surface area contributed by atoms with Crippen molar-refractivity contribution in [1.82, 2.24) is 9.62 Å². The second kappa shape index (κ2) is 8.00. The molecule has 0 bridgehead atoms. The zero-order valence-corrected chi connectivity index (χ0v) is 16.8. The van der Waals surface area contributed by atoms with Gasteiger partial charge in [-0.2, -0.15) is 0 Å². The third-order valence-corrected chi connectivity index (χ3v) is 7.08. The molecule has 2 N–H and O–H groups in total. The number of hydrogen-bond acceptors (Lipinski definition) is 5.